The number of carbonyl (C=O) groups is 3. The second-order valence-corrected chi connectivity index (χ2v) is 6.41. The molecular formula is C20H13NO4S. The summed E-state index contributed by atoms with van der Waals surface area (Å²) in [4.78, 5) is 35.2. The zero-order valence-corrected chi connectivity index (χ0v) is 14.3. The van der Waals surface area contributed by atoms with Gasteiger partial charge in [0.05, 0.1) is 10.5 Å². The van der Waals surface area contributed by atoms with Crippen LogP contribution in [0.2, 0.25) is 0 Å². The lowest BCUT2D eigenvalue weighted by molar-refractivity contribution is -0.140. The number of allylic oxidation sites excluding steroid dienone is 1. The lowest BCUT2D eigenvalue weighted by Crippen LogP contribution is -2.33. The predicted molar refractivity (Wildman–Crippen MR) is 100.0 cm³/mol. The molecular weight excluding hydrogens is 350 g/mol. The lowest BCUT2D eigenvalue weighted by Gasteiger charge is -2.10. The summed E-state index contributed by atoms with van der Waals surface area (Å²) in [7, 11) is 0. The highest BCUT2D eigenvalue weighted by molar-refractivity contribution is 8.18. The fourth-order valence-corrected chi connectivity index (χ4v) is 3.28. The van der Waals surface area contributed by atoms with E-state index in [0.29, 0.717) is 27.8 Å². The van der Waals surface area contributed by atoms with E-state index in [2.05, 4.69) is 30.2 Å². The number of aliphatic carboxylic acids is 1. The van der Waals surface area contributed by atoms with E-state index in [9.17, 15) is 14.4 Å². The van der Waals surface area contributed by atoms with Crippen LogP contribution in [0.1, 0.15) is 5.56 Å². The maximum atomic E-state index is 12.1. The first-order valence-electron chi connectivity index (χ1n) is 7.63. The van der Waals surface area contributed by atoms with Crippen LogP contribution in [-0.4, -0.2) is 33.7 Å². The normalized spacial score (nSPS) is 15.7. The Hall–Kier alpha value is -3.30. The minimum absolute atomic E-state index is 0.0879. The monoisotopic (exact) mass is 363 g/mol. The molecule has 1 saturated heterocycles. The Bertz CT molecular complexity index is 935. The van der Waals surface area contributed by atoms with Crippen LogP contribution >= 0.6 is 11.8 Å². The van der Waals surface area contributed by atoms with Crippen LogP contribution in [0, 0.1) is 12.3 Å². The number of terminal acetylenes is 1. The molecule has 4 rings (SSSR count). The Morgan fingerprint density at radius 2 is 1.62 bits per heavy atom. The average molecular weight is 363 g/mol. The Labute approximate surface area is 154 Å². The molecule has 0 atom stereocenters. The smallest absolute Gasteiger partial charge is 0.323 e. The van der Waals surface area contributed by atoms with Crippen molar-refractivity contribution in [3.8, 4) is 23.5 Å². The van der Waals surface area contributed by atoms with Gasteiger partial charge in [0.15, 0.2) is 0 Å². The molecule has 2 aliphatic carbocycles. The van der Waals surface area contributed by atoms with Crippen LogP contribution in [0.15, 0.2) is 59.5 Å². The first-order valence-corrected chi connectivity index (χ1v) is 8.45. The molecule has 0 radical (unpaired) electrons. The quantitative estimate of drug-likeness (QED) is 0.570. The molecule has 1 heterocycles. The zero-order chi connectivity index (χ0) is 18.7. The molecule has 1 fully saturated rings. The molecule has 5 nitrogen and oxygen atoms in total. The van der Waals surface area contributed by atoms with Crippen LogP contribution < -0.4 is 0 Å². The van der Waals surface area contributed by atoms with Crippen LogP contribution in [0.5, 0.6) is 0 Å². The highest BCUT2D eigenvalue weighted by atomic mass is 32.2. The van der Waals surface area contributed by atoms with Crippen molar-refractivity contribution in [3.05, 3.63) is 65.1 Å². The number of carboxylic acid groups (broad SMARTS) is 1. The summed E-state index contributed by atoms with van der Waals surface area (Å²) in [5, 5.41) is 8.07. The Kier molecular flexibility index (Phi) is 4.92. The molecule has 1 aliphatic heterocycles. The standard InChI is InChI=1S/C14H9NO4S.C6H4/c1-2-10(9-6-4-3-5-7-9)12-13(18)15(8-11(16)17)14(19)20-12;1-2-6-4-3-5(1)6/h1,3-7H,8H2,(H,16,17);1-4H. The van der Waals surface area contributed by atoms with Gasteiger partial charge in [-0.15, -0.1) is 6.42 Å². The topological polar surface area (TPSA) is 74.7 Å². The molecule has 2 amide bonds. The van der Waals surface area contributed by atoms with E-state index in [-0.39, 0.29) is 4.91 Å². The Morgan fingerprint density at radius 3 is 2.04 bits per heavy atom. The highest BCUT2D eigenvalue weighted by Gasteiger charge is 2.38. The summed E-state index contributed by atoms with van der Waals surface area (Å²) in [6.45, 7) is -0.666. The van der Waals surface area contributed by atoms with Gasteiger partial charge in [0, 0.05) is 0 Å². The molecule has 3 aliphatic rings. The number of fused-ring (bicyclic) bond motifs is 1. The highest BCUT2D eigenvalue weighted by Crippen LogP contribution is 2.36. The van der Waals surface area contributed by atoms with Gasteiger partial charge in [-0.1, -0.05) is 60.5 Å². The van der Waals surface area contributed by atoms with Crippen molar-refractivity contribution in [2.75, 3.05) is 6.54 Å². The summed E-state index contributed by atoms with van der Waals surface area (Å²) in [5.41, 5.74) is 3.78. The predicted octanol–water partition coefficient (Wildman–Crippen LogP) is 3.48. The summed E-state index contributed by atoms with van der Waals surface area (Å²) in [6.07, 6.45) is 5.42. The number of benzene rings is 2. The van der Waals surface area contributed by atoms with Gasteiger partial charge in [-0.2, -0.15) is 0 Å². The first-order chi connectivity index (χ1) is 12.5. The van der Waals surface area contributed by atoms with E-state index in [1.807, 2.05) is 0 Å². The molecule has 0 bridgehead atoms. The number of thioether (sulfide) groups is 1. The third kappa shape index (κ3) is 3.39. The lowest BCUT2D eigenvalue weighted by atomic mass is 9.95. The molecule has 6 heteroatoms. The number of nitrogens with zero attached hydrogens (tertiary/aromatic N) is 1. The van der Waals surface area contributed by atoms with Gasteiger partial charge in [-0.25, -0.2) is 0 Å². The molecule has 0 spiro atoms. The van der Waals surface area contributed by atoms with Crippen molar-refractivity contribution < 1.29 is 19.5 Å². The fraction of sp³-hybridized carbons (Fsp3) is 0.0500. The van der Waals surface area contributed by atoms with Crippen LogP contribution in [0.25, 0.3) is 16.7 Å². The minimum atomic E-state index is -1.25. The van der Waals surface area contributed by atoms with Gasteiger partial charge in [0.1, 0.15) is 6.54 Å². The van der Waals surface area contributed by atoms with Crippen LogP contribution in [0.4, 0.5) is 4.79 Å². The largest absolute Gasteiger partial charge is 0.480 e. The van der Waals surface area contributed by atoms with Gasteiger partial charge >= 0.3 is 5.97 Å². The second-order valence-electron chi connectivity index (χ2n) is 5.44. The summed E-state index contributed by atoms with van der Waals surface area (Å²) < 4.78 is 0. The van der Waals surface area contributed by atoms with Crippen LogP contribution in [0.3, 0.4) is 0 Å². The molecule has 128 valence electrons. The molecule has 1 aromatic rings. The molecule has 26 heavy (non-hydrogen) atoms. The molecule has 1 aromatic carbocycles. The third-order valence-electron chi connectivity index (χ3n) is 3.79. The average Bonchev–Trinajstić information content (AvgIpc) is 2.88. The van der Waals surface area contributed by atoms with Crippen molar-refractivity contribution in [2.45, 2.75) is 0 Å². The van der Waals surface area contributed by atoms with E-state index in [4.69, 9.17) is 11.5 Å². The number of rotatable bonds is 3. The van der Waals surface area contributed by atoms with Gasteiger partial charge in [-0.05, 0) is 28.5 Å². The maximum Gasteiger partial charge on any atom is 0.323 e. The van der Waals surface area contributed by atoms with Crippen molar-refractivity contribution in [2.24, 2.45) is 0 Å². The minimum Gasteiger partial charge on any atom is -0.480 e. The summed E-state index contributed by atoms with van der Waals surface area (Å²) in [6, 6.07) is 17.2. The SMILES string of the molecule is C#CC(=C1SC(=O)N(CC(=O)O)C1=O)c1ccccc1.c1cc2ccc1-2. The third-order valence-corrected chi connectivity index (χ3v) is 4.77. The van der Waals surface area contributed by atoms with E-state index in [1.54, 1.807) is 30.3 Å². The second kappa shape index (κ2) is 7.30. The van der Waals surface area contributed by atoms with E-state index in [0.717, 1.165) is 0 Å². The molecule has 0 unspecified atom stereocenters. The number of carboxylic acids is 1. The number of carbonyl (C=O) groups excluding carboxylic acids is 2. The van der Waals surface area contributed by atoms with E-state index in [1.165, 1.54) is 11.1 Å². The number of hydrogen-bond acceptors (Lipinski definition) is 4. The zero-order valence-electron chi connectivity index (χ0n) is 13.5. The van der Waals surface area contributed by atoms with Gasteiger partial charge in [0.25, 0.3) is 11.1 Å². The van der Waals surface area contributed by atoms with Gasteiger partial charge in [0.2, 0.25) is 0 Å². The first kappa shape index (κ1) is 17.5. The van der Waals surface area contributed by atoms with Crippen molar-refractivity contribution in [1.82, 2.24) is 4.90 Å². The fourth-order valence-electron chi connectivity index (χ4n) is 2.37. The van der Waals surface area contributed by atoms with Gasteiger partial charge < -0.3 is 5.11 Å². The number of amides is 2. The maximum absolute atomic E-state index is 12.1. The van der Waals surface area contributed by atoms with E-state index < -0.39 is 23.7 Å². The van der Waals surface area contributed by atoms with Crippen molar-refractivity contribution in [3.63, 3.8) is 0 Å². The summed E-state index contributed by atoms with van der Waals surface area (Å²) in [5.74, 6) is 0.475. The summed E-state index contributed by atoms with van der Waals surface area (Å²) >= 11 is 0.663. The van der Waals surface area contributed by atoms with E-state index >= 15 is 0 Å². The van der Waals surface area contributed by atoms with Gasteiger partial charge in [-0.3, -0.25) is 19.3 Å². The van der Waals surface area contributed by atoms with Crippen molar-refractivity contribution >= 4 is 34.5 Å². The molecule has 1 N–H and O–H groups in total. The number of hydrogen-bond donors (Lipinski definition) is 1. The van der Waals surface area contributed by atoms with Crippen LogP contribution in [-0.2, 0) is 9.59 Å². The Morgan fingerprint density at radius 1 is 1.04 bits per heavy atom. The molecule has 0 aromatic heterocycles. The molecule has 0 saturated carbocycles. The number of imide groups is 1. The van der Waals surface area contributed by atoms with Crippen molar-refractivity contribution in [1.29, 1.82) is 0 Å². The Balaban J connectivity index is 0.000000269.